The summed E-state index contributed by atoms with van der Waals surface area (Å²) in [5.74, 6) is -0.830. The fraction of sp³-hybridized carbons (Fsp3) is 0.500. The van der Waals surface area contributed by atoms with Crippen molar-refractivity contribution in [3.63, 3.8) is 0 Å². The van der Waals surface area contributed by atoms with Crippen LogP contribution in [0, 0.1) is 17.6 Å². The molecule has 0 heterocycles. The predicted octanol–water partition coefficient (Wildman–Crippen LogP) is 2.84. The van der Waals surface area contributed by atoms with Gasteiger partial charge in [0.2, 0.25) is 0 Å². The van der Waals surface area contributed by atoms with Crippen LogP contribution in [0.4, 0.5) is 8.78 Å². The third-order valence-electron chi connectivity index (χ3n) is 3.29. The van der Waals surface area contributed by atoms with Crippen LogP contribution >= 0.6 is 0 Å². The van der Waals surface area contributed by atoms with Crippen molar-refractivity contribution < 1.29 is 13.9 Å². The van der Waals surface area contributed by atoms with E-state index in [1.807, 2.05) is 6.92 Å². The summed E-state index contributed by atoms with van der Waals surface area (Å²) in [6.45, 7) is 1.98. The van der Waals surface area contributed by atoms with Crippen molar-refractivity contribution in [2.24, 2.45) is 5.92 Å². The Morgan fingerprint density at radius 1 is 1.27 bits per heavy atom. The molecule has 1 aromatic rings. The van der Waals surface area contributed by atoms with Gasteiger partial charge in [-0.1, -0.05) is 13.3 Å². The molecule has 0 amide bonds. The summed E-state index contributed by atoms with van der Waals surface area (Å²) in [7, 11) is 0. The van der Waals surface area contributed by atoms with E-state index in [0.29, 0.717) is 12.0 Å². The second kappa shape index (κ2) is 3.89. The average Bonchev–Trinajstić information content (AvgIpc) is 2.13. The number of benzene rings is 1. The Bertz CT molecular complexity index is 344. The first kappa shape index (κ1) is 10.6. The fourth-order valence-corrected chi connectivity index (χ4v) is 2.41. The van der Waals surface area contributed by atoms with Crippen molar-refractivity contribution in [2.75, 3.05) is 0 Å². The van der Waals surface area contributed by atoms with Crippen LogP contribution < -0.4 is 0 Å². The molecule has 2 rings (SSSR count). The Morgan fingerprint density at radius 2 is 1.87 bits per heavy atom. The van der Waals surface area contributed by atoms with Gasteiger partial charge in [0, 0.05) is 6.07 Å². The van der Waals surface area contributed by atoms with Crippen molar-refractivity contribution >= 4 is 0 Å². The lowest BCUT2D eigenvalue weighted by molar-refractivity contribution is -0.000917. The number of halogens is 2. The van der Waals surface area contributed by atoms with Crippen LogP contribution in [0.1, 0.15) is 31.2 Å². The van der Waals surface area contributed by atoms with E-state index in [1.54, 1.807) is 0 Å². The van der Waals surface area contributed by atoms with Gasteiger partial charge >= 0.3 is 0 Å². The van der Waals surface area contributed by atoms with Crippen LogP contribution in [0.15, 0.2) is 18.2 Å². The molecule has 3 unspecified atom stereocenters. The van der Waals surface area contributed by atoms with E-state index in [-0.39, 0.29) is 17.9 Å². The minimum Gasteiger partial charge on any atom is -0.393 e. The van der Waals surface area contributed by atoms with Crippen LogP contribution in [0.2, 0.25) is 0 Å². The van der Waals surface area contributed by atoms with Crippen molar-refractivity contribution in [1.82, 2.24) is 0 Å². The maximum Gasteiger partial charge on any atom is 0.126 e. The van der Waals surface area contributed by atoms with E-state index in [9.17, 15) is 13.9 Å². The van der Waals surface area contributed by atoms with Crippen molar-refractivity contribution in [3.8, 4) is 0 Å². The number of rotatable bonds is 2. The SMILES string of the molecule is CCC1C(O)CC1c1cc(F)cc(F)c1. The van der Waals surface area contributed by atoms with Gasteiger partial charge in [0.15, 0.2) is 0 Å². The molecule has 0 aromatic heterocycles. The maximum absolute atomic E-state index is 13.0. The van der Waals surface area contributed by atoms with Gasteiger partial charge in [0.05, 0.1) is 6.10 Å². The first-order chi connectivity index (χ1) is 7.11. The molecule has 1 saturated carbocycles. The maximum atomic E-state index is 13.0. The van der Waals surface area contributed by atoms with Gasteiger partial charge in [0.25, 0.3) is 0 Å². The monoisotopic (exact) mass is 212 g/mol. The zero-order valence-corrected chi connectivity index (χ0v) is 8.58. The largest absolute Gasteiger partial charge is 0.393 e. The minimum atomic E-state index is -0.541. The first-order valence-electron chi connectivity index (χ1n) is 5.26. The fourth-order valence-electron chi connectivity index (χ4n) is 2.41. The lowest BCUT2D eigenvalue weighted by atomic mass is 9.66. The standard InChI is InChI=1S/C12H14F2O/c1-2-10-11(6-12(10)15)7-3-8(13)5-9(14)4-7/h3-5,10-12,15H,2,6H2,1H3. The van der Waals surface area contributed by atoms with E-state index < -0.39 is 11.6 Å². The van der Waals surface area contributed by atoms with Crippen molar-refractivity contribution in [3.05, 3.63) is 35.4 Å². The number of aliphatic hydroxyl groups excluding tert-OH is 1. The summed E-state index contributed by atoms with van der Waals surface area (Å²) in [5, 5.41) is 9.49. The second-order valence-electron chi connectivity index (χ2n) is 4.18. The molecule has 0 saturated heterocycles. The summed E-state index contributed by atoms with van der Waals surface area (Å²) in [6.07, 6.45) is 1.14. The molecule has 15 heavy (non-hydrogen) atoms. The molecule has 1 N–H and O–H groups in total. The van der Waals surface area contributed by atoms with Crippen LogP contribution in [0.5, 0.6) is 0 Å². The summed E-state index contributed by atoms with van der Waals surface area (Å²) in [5.41, 5.74) is 0.671. The quantitative estimate of drug-likeness (QED) is 0.799. The molecule has 1 fully saturated rings. The van der Waals surface area contributed by atoms with Crippen LogP contribution in [0.25, 0.3) is 0 Å². The zero-order chi connectivity index (χ0) is 11.0. The van der Waals surface area contributed by atoms with Gasteiger partial charge in [-0.15, -0.1) is 0 Å². The molecular formula is C12H14F2O. The van der Waals surface area contributed by atoms with Gasteiger partial charge in [0.1, 0.15) is 11.6 Å². The van der Waals surface area contributed by atoms with E-state index in [4.69, 9.17) is 0 Å². The Morgan fingerprint density at radius 3 is 2.33 bits per heavy atom. The van der Waals surface area contributed by atoms with E-state index in [2.05, 4.69) is 0 Å². The van der Waals surface area contributed by atoms with Crippen LogP contribution in [0.3, 0.4) is 0 Å². The Labute approximate surface area is 87.7 Å². The molecule has 0 aliphatic heterocycles. The van der Waals surface area contributed by atoms with E-state index >= 15 is 0 Å². The Balaban J connectivity index is 2.23. The second-order valence-corrected chi connectivity index (χ2v) is 4.18. The molecular weight excluding hydrogens is 198 g/mol. The molecule has 1 aliphatic rings. The molecule has 3 heteroatoms. The smallest absolute Gasteiger partial charge is 0.126 e. The number of hydrogen-bond donors (Lipinski definition) is 1. The number of hydrogen-bond acceptors (Lipinski definition) is 1. The van der Waals surface area contributed by atoms with E-state index in [1.165, 1.54) is 12.1 Å². The highest BCUT2D eigenvalue weighted by Crippen LogP contribution is 2.44. The van der Waals surface area contributed by atoms with Gasteiger partial charge in [-0.3, -0.25) is 0 Å². The van der Waals surface area contributed by atoms with Crippen molar-refractivity contribution in [2.45, 2.75) is 31.8 Å². The molecule has 3 atom stereocenters. The molecule has 0 bridgehead atoms. The predicted molar refractivity (Wildman–Crippen MR) is 53.5 cm³/mol. The van der Waals surface area contributed by atoms with Crippen LogP contribution in [-0.4, -0.2) is 11.2 Å². The lowest BCUT2D eigenvalue weighted by Gasteiger charge is -2.41. The third-order valence-corrected chi connectivity index (χ3v) is 3.29. The highest BCUT2D eigenvalue weighted by molar-refractivity contribution is 5.25. The molecule has 1 nitrogen and oxygen atoms in total. The van der Waals surface area contributed by atoms with E-state index in [0.717, 1.165) is 12.5 Å². The normalized spacial score (nSPS) is 30.0. The molecule has 1 aliphatic carbocycles. The average molecular weight is 212 g/mol. The summed E-state index contributed by atoms with van der Waals surface area (Å²) in [6, 6.07) is 3.60. The summed E-state index contributed by atoms with van der Waals surface area (Å²) < 4.78 is 25.9. The van der Waals surface area contributed by atoms with Gasteiger partial charge in [-0.2, -0.15) is 0 Å². The van der Waals surface area contributed by atoms with Crippen LogP contribution in [-0.2, 0) is 0 Å². The summed E-state index contributed by atoms with van der Waals surface area (Å²) >= 11 is 0. The van der Waals surface area contributed by atoms with Gasteiger partial charge in [-0.05, 0) is 36.0 Å². The number of aliphatic hydroxyl groups is 1. The van der Waals surface area contributed by atoms with Gasteiger partial charge in [-0.25, -0.2) is 8.78 Å². The van der Waals surface area contributed by atoms with Crippen molar-refractivity contribution in [1.29, 1.82) is 0 Å². The topological polar surface area (TPSA) is 20.2 Å². The Kier molecular flexibility index (Phi) is 2.74. The highest BCUT2D eigenvalue weighted by atomic mass is 19.1. The minimum absolute atomic E-state index is 0.107. The molecule has 0 radical (unpaired) electrons. The lowest BCUT2D eigenvalue weighted by Crippen LogP contribution is -2.39. The molecule has 0 spiro atoms. The zero-order valence-electron chi connectivity index (χ0n) is 8.58. The highest BCUT2D eigenvalue weighted by Gasteiger charge is 2.39. The third kappa shape index (κ3) is 1.88. The Hall–Kier alpha value is -0.960. The first-order valence-corrected chi connectivity index (χ1v) is 5.26. The molecule has 1 aromatic carbocycles. The van der Waals surface area contributed by atoms with Gasteiger partial charge < -0.3 is 5.11 Å². The summed E-state index contributed by atoms with van der Waals surface area (Å²) in [4.78, 5) is 0. The molecule has 82 valence electrons.